The summed E-state index contributed by atoms with van der Waals surface area (Å²) in [4.78, 5) is 24.4. The van der Waals surface area contributed by atoms with Gasteiger partial charge in [-0.1, -0.05) is 30.3 Å². The quantitative estimate of drug-likeness (QED) is 0.447. The fraction of sp³-hybridized carbons (Fsp3) is 0.211. The SMILES string of the molecule is C[C@H](OC(=O)C1=NN(c2c(F)c(F)cc(F)c2F)C(=O)CC1)c1ccccc1. The number of rotatable bonds is 4. The molecule has 0 unspecified atom stereocenters. The van der Waals surface area contributed by atoms with Crippen LogP contribution in [0.5, 0.6) is 0 Å². The standard InChI is InChI=1S/C19H14F4N2O3/c1-10(11-5-3-2-4-6-11)28-19(27)14-7-8-15(26)25(24-14)18-16(22)12(20)9-13(21)17(18)23/h2-6,9-10H,7-8H2,1H3/t10-/m0/s1. The molecule has 146 valence electrons. The van der Waals surface area contributed by atoms with Crippen LogP contribution in [0.4, 0.5) is 23.2 Å². The summed E-state index contributed by atoms with van der Waals surface area (Å²) < 4.78 is 60.2. The first-order valence-corrected chi connectivity index (χ1v) is 8.29. The molecule has 0 N–H and O–H groups in total. The van der Waals surface area contributed by atoms with E-state index in [2.05, 4.69) is 5.10 Å². The molecule has 28 heavy (non-hydrogen) atoms. The van der Waals surface area contributed by atoms with Crippen LogP contribution < -0.4 is 5.01 Å². The highest BCUT2D eigenvalue weighted by Crippen LogP contribution is 2.30. The fourth-order valence-electron chi connectivity index (χ4n) is 2.64. The smallest absolute Gasteiger partial charge is 0.355 e. The third kappa shape index (κ3) is 3.73. The number of ether oxygens (including phenoxy) is 1. The molecule has 1 amide bonds. The van der Waals surface area contributed by atoms with Crippen LogP contribution in [0, 0.1) is 23.3 Å². The van der Waals surface area contributed by atoms with E-state index in [9.17, 15) is 27.2 Å². The van der Waals surface area contributed by atoms with Gasteiger partial charge in [0.15, 0.2) is 23.3 Å². The maximum Gasteiger partial charge on any atom is 0.355 e. The summed E-state index contributed by atoms with van der Waals surface area (Å²) in [7, 11) is 0. The molecule has 0 radical (unpaired) electrons. The van der Waals surface area contributed by atoms with Gasteiger partial charge >= 0.3 is 5.97 Å². The zero-order valence-corrected chi connectivity index (χ0v) is 14.6. The fourth-order valence-corrected chi connectivity index (χ4v) is 2.64. The number of nitrogens with zero attached hydrogens (tertiary/aromatic N) is 2. The van der Waals surface area contributed by atoms with Gasteiger partial charge in [-0.15, -0.1) is 0 Å². The number of hydrogen-bond donors (Lipinski definition) is 0. The number of hydrogen-bond acceptors (Lipinski definition) is 4. The molecule has 2 aromatic rings. The second-order valence-corrected chi connectivity index (χ2v) is 6.03. The van der Waals surface area contributed by atoms with Crippen molar-refractivity contribution in [2.24, 2.45) is 5.10 Å². The minimum atomic E-state index is -1.79. The minimum Gasteiger partial charge on any atom is -0.453 e. The molecule has 0 bridgehead atoms. The summed E-state index contributed by atoms with van der Waals surface area (Å²) in [6.45, 7) is 1.61. The molecule has 0 aromatic heterocycles. The summed E-state index contributed by atoms with van der Waals surface area (Å²) in [6.07, 6.45) is -1.14. The molecule has 0 fully saturated rings. The van der Waals surface area contributed by atoms with Crippen molar-refractivity contribution in [1.29, 1.82) is 0 Å². The third-order valence-electron chi connectivity index (χ3n) is 4.12. The molecular weight excluding hydrogens is 380 g/mol. The van der Waals surface area contributed by atoms with Crippen LogP contribution in [-0.2, 0) is 14.3 Å². The predicted octanol–water partition coefficient (Wildman–Crippen LogP) is 4.03. The van der Waals surface area contributed by atoms with Gasteiger partial charge in [-0.2, -0.15) is 10.1 Å². The zero-order valence-electron chi connectivity index (χ0n) is 14.6. The molecular formula is C19H14F4N2O3. The lowest BCUT2D eigenvalue weighted by Gasteiger charge is -2.24. The number of carbonyl (C=O) groups excluding carboxylic acids is 2. The summed E-state index contributed by atoms with van der Waals surface area (Å²) >= 11 is 0. The van der Waals surface area contributed by atoms with Gasteiger partial charge in [0.1, 0.15) is 17.5 Å². The van der Waals surface area contributed by atoms with Gasteiger partial charge in [-0.3, -0.25) is 4.79 Å². The highest BCUT2D eigenvalue weighted by atomic mass is 19.2. The van der Waals surface area contributed by atoms with E-state index in [1.54, 1.807) is 37.3 Å². The Morgan fingerprint density at radius 3 is 2.29 bits per heavy atom. The Bertz CT molecular complexity index is 937. The summed E-state index contributed by atoms with van der Waals surface area (Å²) in [6, 6.07) is 8.77. The van der Waals surface area contributed by atoms with Crippen molar-refractivity contribution in [1.82, 2.24) is 0 Å². The Hall–Kier alpha value is -3.23. The maximum atomic E-state index is 14.0. The molecule has 1 aliphatic heterocycles. The normalized spacial score (nSPS) is 15.2. The lowest BCUT2D eigenvalue weighted by molar-refractivity contribution is -0.140. The summed E-state index contributed by atoms with van der Waals surface area (Å²) in [5, 5.41) is 3.75. The number of benzene rings is 2. The Balaban J connectivity index is 1.90. The van der Waals surface area contributed by atoms with Crippen LogP contribution in [0.25, 0.3) is 0 Å². The van der Waals surface area contributed by atoms with Crippen molar-refractivity contribution in [3.8, 4) is 0 Å². The second-order valence-electron chi connectivity index (χ2n) is 6.03. The van der Waals surface area contributed by atoms with Crippen LogP contribution >= 0.6 is 0 Å². The lowest BCUT2D eigenvalue weighted by Crippen LogP contribution is -2.36. The van der Waals surface area contributed by atoms with Crippen LogP contribution in [0.1, 0.15) is 31.4 Å². The molecule has 0 spiro atoms. The van der Waals surface area contributed by atoms with Gasteiger partial charge in [0.05, 0.1) is 0 Å². The molecule has 0 saturated carbocycles. The molecule has 0 aliphatic carbocycles. The minimum absolute atomic E-state index is 0.0169. The lowest BCUT2D eigenvalue weighted by atomic mass is 10.1. The average Bonchev–Trinajstić information content (AvgIpc) is 2.68. The molecule has 3 rings (SSSR count). The number of amides is 1. The molecule has 2 aromatic carbocycles. The van der Waals surface area contributed by atoms with Gasteiger partial charge in [0.25, 0.3) is 0 Å². The predicted molar refractivity (Wildman–Crippen MR) is 91.4 cm³/mol. The first-order chi connectivity index (χ1) is 13.3. The Kier molecular flexibility index (Phi) is 5.43. The van der Waals surface area contributed by atoms with E-state index in [-0.39, 0.29) is 29.6 Å². The van der Waals surface area contributed by atoms with E-state index in [1.807, 2.05) is 0 Å². The second kappa shape index (κ2) is 7.79. The third-order valence-corrected chi connectivity index (χ3v) is 4.12. The number of esters is 1. The van der Waals surface area contributed by atoms with Crippen LogP contribution in [0.2, 0.25) is 0 Å². The van der Waals surface area contributed by atoms with Crippen molar-refractivity contribution >= 4 is 23.3 Å². The molecule has 1 aliphatic rings. The van der Waals surface area contributed by atoms with E-state index in [1.165, 1.54) is 0 Å². The Morgan fingerprint density at radius 2 is 1.68 bits per heavy atom. The van der Waals surface area contributed by atoms with E-state index < -0.39 is 46.9 Å². The van der Waals surface area contributed by atoms with Crippen molar-refractivity contribution in [3.63, 3.8) is 0 Å². The van der Waals surface area contributed by atoms with E-state index in [4.69, 9.17) is 4.74 Å². The van der Waals surface area contributed by atoms with Crippen LogP contribution in [0.3, 0.4) is 0 Å². The van der Waals surface area contributed by atoms with E-state index in [0.717, 1.165) is 0 Å². The van der Waals surface area contributed by atoms with Crippen LogP contribution in [0.15, 0.2) is 41.5 Å². The maximum absolute atomic E-state index is 14.0. The molecule has 5 nitrogen and oxygen atoms in total. The molecule has 9 heteroatoms. The number of carbonyl (C=O) groups is 2. The Morgan fingerprint density at radius 1 is 1.07 bits per heavy atom. The van der Waals surface area contributed by atoms with Crippen molar-refractivity contribution in [3.05, 3.63) is 65.2 Å². The van der Waals surface area contributed by atoms with Crippen LogP contribution in [-0.4, -0.2) is 17.6 Å². The first-order valence-electron chi connectivity index (χ1n) is 8.29. The molecule has 0 saturated heterocycles. The topological polar surface area (TPSA) is 59.0 Å². The monoisotopic (exact) mass is 394 g/mol. The largest absolute Gasteiger partial charge is 0.453 e. The highest BCUT2D eigenvalue weighted by Gasteiger charge is 2.33. The van der Waals surface area contributed by atoms with Gasteiger partial charge < -0.3 is 4.74 Å². The number of hydrazone groups is 1. The summed E-state index contributed by atoms with van der Waals surface area (Å²) in [5.74, 6) is -8.79. The zero-order chi connectivity index (χ0) is 20.4. The van der Waals surface area contributed by atoms with Crippen molar-refractivity contribution < 1.29 is 31.9 Å². The summed E-state index contributed by atoms with van der Waals surface area (Å²) in [5.41, 5.74) is -0.918. The molecule has 1 heterocycles. The molecule has 1 atom stereocenters. The van der Waals surface area contributed by atoms with Gasteiger partial charge in [0, 0.05) is 18.9 Å². The van der Waals surface area contributed by atoms with Gasteiger partial charge in [-0.05, 0) is 12.5 Å². The average molecular weight is 394 g/mol. The van der Waals surface area contributed by atoms with Crippen molar-refractivity contribution in [2.75, 3.05) is 5.01 Å². The highest BCUT2D eigenvalue weighted by molar-refractivity contribution is 6.38. The number of anilines is 1. The van der Waals surface area contributed by atoms with Crippen molar-refractivity contribution in [2.45, 2.75) is 25.9 Å². The van der Waals surface area contributed by atoms with E-state index in [0.29, 0.717) is 5.56 Å². The van der Waals surface area contributed by atoms with E-state index >= 15 is 0 Å². The van der Waals surface area contributed by atoms with Gasteiger partial charge in [0.2, 0.25) is 5.91 Å². The Labute approximate surface area is 157 Å². The van der Waals surface area contributed by atoms with Gasteiger partial charge in [-0.25, -0.2) is 22.4 Å². The number of halogens is 4. The first kappa shape index (κ1) is 19.5.